The molecule has 2 nitrogen and oxygen atoms in total. The van der Waals surface area contributed by atoms with E-state index in [0.29, 0.717) is 12.6 Å². The summed E-state index contributed by atoms with van der Waals surface area (Å²) in [4.78, 5) is 2.21. The molecule has 1 atom stereocenters. The maximum atomic E-state index is 5.65. The number of rotatable bonds is 3. The smallest absolute Gasteiger partial charge is 0.0407 e. The molecule has 0 aliphatic carbocycles. The average Bonchev–Trinajstić information content (AvgIpc) is 2.19. The number of hydrogen-bond donors (Lipinski definition) is 1. The lowest BCUT2D eigenvalue weighted by atomic mass is 10.1. The average molecular weight is 257 g/mol. The van der Waals surface area contributed by atoms with E-state index >= 15 is 0 Å². The van der Waals surface area contributed by atoms with Gasteiger partial charge in [0.05, 0.1) is 0 Å². The Balaban J connectivity index is 2.99. The summed E-state index contributed by atoms with van der Waals surface area (Å²) < 4.78 is 1.11. The number of benzene rings is 1. The van der Waals surface area contributed by atoms with Gasteiger partial charge in [0.15, 0.2) is 0 Å². The number of nitrogens with two attached hydrogens (primary N) is 1. The van der Waals surface area contributed by atoms with Gasteiger partial charge in [0, 0.05) is 29.8 Å². The Morgan fingerprint density at radius 2 is 2.14 bits per heavy atom. The SMILES string of the molecule is Cc1ccc(Br)cc1N(C)C(C)CN. The molecule has 1 aromatic carbocycles. The first-order chi connectivity index (χ1) is 6.56. The molecule has 0 saturated carbocycles. The Bertz CT molecular complexity index is 312. The van der Waals surface area contributed by atoms with Crippen LogP contribution in [0.2, 0.25) is 0 Å². The van der Waals surface area contributed by atoms with Gasteiger partial charge in [0.25, 0.3) is 0 Å². The third-order valence-electron chi connectivity index (χ3n) is 2.55. The molecule has 1 aromatic rings. The molecule has 0 bridgehead atoms. The third-order valence-corrected chi connectivity index (χ3v) is 3.05. The van der Waals surface area contributed by atoms with Gasteiger partial charge in [0.1, 0.15) is 0 Å². The topological polar surface area (TPSA) is 29.3 Å². The zero-order chi connectivity index (χ0) is 10.7. The number of aryl methyl sites for hydroxylation is 1. The van der Waals surface area contributed by atoms with Gasteiger partial charge in [-0.2, -0.15) is 0 Å². The van der Waals surface area contributed by atoms with Crippen molar-refractivity contribution in [2.24, 2.45) is 5.73 Å². The van der Waals surface area contributed by atoms with Crippen molar-refractivity contribution in [2.45, 2.75) is 19.9 Å². The second-order valence-corrected chi connectivity index (χ2v) is 4.54. The molecule has 0 spiro atoms. The first-order valence-corrected chi connectivity index (χ1v) is 5.54. The summed E-state index contributed by atoms with van der Waals surface area (Å²) in [7, 11) is 2.08. The molecule has 1 unspecified atom stereocenters. The highest BCUT2D eigenvalue weighted by atomic mass is 79.9. The second-order valence-electron chi connectivity index (χ2n) is 3.63. The Hall–Kier alpha value is -0.540. The van der Waals surface area contributed by atoms with E-state index in [1.165, 1.54) is 11.3 Å². The zero-order valence-corrected chi connectivity index (χ0v) is 10.5. The van der Waals surface area contributed by atoms with Crippen molar-refractivity contribution in [1.82, 2.24) is 0 Å². The van der Waals surface area contributed by atoms with Gasteiger partial charge in [-0.25, -0.2) is 0 Å². The van der Waals surface area contributed by atoms with E-state index in [0.717, 1.165) is 4.47 Å². The van der Waals surface area contributed by atoms with E-state index in [9.17, 15) is 0 Å². The molecule has 0 aliphatic rings. The van der Waals surface area contributed by atoms with E-state index in [1.807, 2.05) is 0 Å². The monoisotopic (exact) mass is 256 g/mol. The highest BCUT2D eigenvalue weighted by Crippen LogP contribution is 2.24. The summed E-state index contributed by atoms with van der Waals surface area (Å²) >= 11 is 3.48. The molecule has 0 saturated heterocycles. The normalized spacial score (nSPS) is 12.6. The minimum absolute atomic E-state index is 0.364. The summed E-state index contributed by atoms with van der Waals surface area (Å²) in [6.07, 6.45) is 0. The summed E-state index contributed by atoms with van der Waals surface area (Å²) in [5, 5.41) is 0. The summed E-state index contributed by atoms with van der Waals surface area (Å²) in [6.45, 7) is 4.91. The highest BCUT2D eigenvalue weighted by molar-refractivity contribution is 9.10. The quantitative estimate of drug-likeness (QED) is 0.901. The minimum atomic E-state index is 0.364. The second kappa shape index (κ2) is 4.80. The predicted molar refractivity (Wildman–Crippen MR) is 65.8 cm³/mol. The van der Waals surface area contributed by atoms with Crippen LogP contribution in [-0.4, -0.2) is 19.6 Å². The minimum Gasteiger partial charge on any atom is -0.370 e. The number of halogens is 1. The number of likely N-dealkylation sites (N-methyl/N-ethyl adjacent to an activating group) is 1. The lowest BCUT2D eigenvalue weighted by molar-refractivity contribution is 0.694. The van der Waals surface area contributed by atoms with Crippen LogP contribution in [0.15, 0.2) is 22.7 Å². The van der Waals surface area contributed by atoms with Gasteiger partial charge in [-0.15, -0.1) is 0 Å². The predicted octanol–water partition coefficient (Wildman–Crippen LogP) is 2.54. The molecule has 0 fully saturated rings. The van der Waals surface area contributed by atoms with Gasteiger partial charge < -0.3 is 10.6 Å². The largest absolute Gasteiger partial charge is 0.370 e. The van der Waals surface area contributed by atoms with Gasteiger partial charge in [-0.05, 0) is 31.5 Å². The molecule has 2 N–H and O–H groups in total. The number of hydrogen-bond acceptors (Lipinski definition) is 2. The number of nitrogens with zero attached hydrogens (tertiary/aromatic N) is 1. The lowest BCUT2D eigenvalue weighted by Crippen LogP contribution is -2.35. The van der Waals surface area contributed by atoms with Crippen molar-refractivity contribution in [3.8, 4) is 0 Å². The van der Waals surface area contributed by atoms with E-state index < -0.39 is 0 Å². The van der Waals surface area contributed by atoms with Crippen molar-refractivity contribution in [2.75, 3.05) is 18.5 Å². The Morgan fingerprint density at radius 3 is 2.71 bits per heavy atom. The fraction of sp³-hybridized carbons (Fsp3) is 0.455. The van der Waals surface area contributed by atoms with Crippen LogP contribution in [0.3, 0.4) is 0 Å². The Morgan fingerprint density at radius 1 is 1.50 bits per heavy atom. The first-order valence-electron chi connectivity index (χ1n) is 4.75. The zero-order valence-electron chi connectivity index (χ0n) is 8.92. The van der Waals surface area contributed by atoms with Crippen LogP contribution in [0.1, 0.15) is 12.5 Å². The van der Waals surface area contributed by atoms with Crippen LogP contribution >= 0.6 is 15.9 Å². The summed E-state index contributed by atoms with van der Waals surface area (Å²) in [5.41, 5.74) is 8.15. The molecule has 0 amide bonds. The fourth-order valence-electron chi connectivity index (χ4n) is 1.36. The van der Waals surface area contributed by atoms with Crippen molar-refractivity contribution in [3.05, 3.63) is 28.2 Å². The first kappa shape index (κ1) is 11.5. The molecular weight excluding hydrogens is 240 g/mol. The van der Waals surface area contributed by atoms with E-state index in [4.69, 9.17) is 5.73 Å². The lowest BCUT2D eigenvalue weighted by Gasteiger charge is -2.27. The maximum Gasteiger partial charge on any atom is 0.0407 e. The molecule has 14 heavy (non-hydrogen) atoms. The summed E-state index contributed by atoms with van der Waals surface area (Å²) in [6, 6.07) is 6.66. The van der Waals surface area contributed by atoms with E-state index in [1.54, 1.807) is 0 Å². The Labute approximate surface area is 94.2 Å². The van der Waals surface area contributed by atoms with Crippen LogP contribution < -0.4 is 10.6 Å². The van der Waals surface area contributed by atoms with Gasteiger partial charge >= 0.3 is 0 Å². The molecule has 78 valence electrons. The van der Waals surface area contributed by atoms with Gasteiger partial charge in [-0.3, -0.25) is 0 Å². The van der Waals surface area contributed by atoms with Crippen LogP contribution in [0.25, 0.3) is 0 Å². The van der Waals surface area contributed by atoms with Gasteiger partial charge in [0.2, 0.25) is 0 Å². The van der Waals surface area contributed by atoms with Crippen LogP contribution in [0, 0.1) is 6.92 Å². The fourth-order valence-corrected chi connectivity index (χ4v) is 1.71. The molecule has 0 heterocycles. The van der Waals surface area contributed by atoms with E-state index in [2.05, 4.69) is 59.9 Å². The molecule has 0 aromatic heterocycles. The molecular formula is C11H17BrN2. The van der Waals surface area contributed by atoms with Crippen LogP contribution in [-0.2, 0) is 0 Å². The standard InChI is InChI=1S/C11H17BrN2/c1-8-4-5-10(12)6-11(8)14(3)9(2)7-13/h4-6,9H,7,13H2,1-3H3. The van der Waals surface area contributed by atoms with Crippen LogP contribution in [0.4, 0.5) is 5.69 Å². The highest BCUT2D eigenvalue weighted by Gasteiger charge is 2.10. The molecule has 1 rings (SSSR count). The summed E-state index contributed by atoms with van der Waals surface area (Å²) in [5.74, 6) is 0. The number of anilines is 1. The van der Waals surface area contributed by atoms with Crippen molar-refractivity contribution in [1.29, 1.82) is 0 Å². The molecule has 0 radical (unpaired) electrons. The van der Waals surface area contributed by atoms with Crippen LogP contribution in [0.5, 0.6) is 0 Å². The molecule has 0 aliphatic heterocycles. The Kier molecular flexibility index (Phi) is 3.96. The maximum absolute atomic E-state index is 5.65. The van der Waals surface area contributed by atoms with E-state index in [-0.39, 0.29) is 0 Å². The third kappa shape index (κ3) is 2.49. The molecule has 3 heteroatoms. The van der Waals surface area contributed by atoms with Crippen molar-refractivity contribution < 1.29 is 0 Å². The van der Waals surface area contributed by atoms with Crippen molar-refractivity contribution in [3.63, 3.8) is 0 Å². The van der Waals surface area contributed by atoms with Crippen molar-refractivity contribution >= 4 is 21.6 Å². The van der Waals surface area contributed by atoms with Gasteiger partial charge in [-0.1, -0.05) is 22.0 Å².